The molecule has 0 spiro atoms. The van der Waals surface area contributed by atoms with Crippen LogP contribution in [-0.4, -0.2) is 59.1 Å². The third-order valence-corrected chi connectivity index (χ3v) is 7.74. The largest absolute Gasteiger partial charge is 0.490 e. The van der Waals surface area contributed by atoms with E-state index in [9.17, 15) is 24.9 Å². The number of esters is 1. The van der Waals surface area contributed by atoms with E-state index in [0.717, 1.165) is 24.7 Å². The summed E-state index contributed by atoms with van der Waals surface area (Å²) in [6.45, 7) is 2.25. The van der Waals surface area contributed by atoms with Crippen LogP contribution in [0.25, 0.3) is 0 Å². The molecule has 3 rings (SSSR count). The van der Waals surface area contributed by atoms with Crippen molar-refractivity contribution in [3.8, 4) is 5.75 Å². The van der Waals surface area contributed by atoms with Crippen LogP contribution in [0, 0.1) is 18.8 Å². The predicted octanol–water partition coefficient (Wildman–Crippen LogP) is 4.98. The average Bonchev–Trinajstić information content (AvgIpc) is 3.23. The van der Waals surface area contributed by atoms with Crippen LogP contribution in [0.3, 0.4) is 0 Å². The highest BCUT2D eigenvalue weighted by atomic mass is 16.6. The van der Waals surface area contributed by atoms with Gasteiger partial charge in [0.2, 0.25) is 0 Å². The summed E-state index contributed by atoms with van der Waals surface area (Å²) in [4.78, 5) is 22.9. The molecule has 5 atom stereocenters. The molecule has 2 aromatic carbocycles. The van der Waals surface area contributed by atoms with Crippen LogP contribution in [-0.2, 0) is 16.0 Å². The van der Waals surface area contributed by atoms with Crippen LogP contribution < -0.4 is 4.74 Å². The Bertz CT molecular complexity index is 1070. The van der Waals surface area contributed by atoms with Gasteiger partial charge in [-0.05, 0) is 87.3 Å². The summed E-state index contributed by atoms with van der Waals surface area (Å²) >= 11 is 0. The topological polar surface area (TPSA) is 113 Å². The fourth-order valence-corrected chi connectivity index (χ4v) is 5.37. The van der Waals surface area contributed by atoms with Gasteiger partial charge >= 0.3 is 5.97 Å². The van der Waals surface area contributed by atoms with Gasteiger partial charge in [0.15, 0.2) is 0 Å². The number of hydrogen-bond donors (Lipinski definition) is 3. The first-order valence-corrected chi connectivity index (χ1v) is 14.4. The molecular weight excluding hydrogens is 508 g/mol. The van der Waals surface area contributed by atoms with E-state index in [4.69, 9.17) is 9.47 Å². The molecule has 1 aliphatic rings. The van der Waals surface area contributed by atoms with E-state index in [1.807, 2.05) is 43.3 Å². The van der Waals surface area contributed by atoms with E-state index in [2.05, 4.69) is 12.1 Å². The zero-order valence-corrected chi connectivity index (χ0v) is 23.5. The standard InChI is InChI=1S/C33H44O7/c1-24-13-14-26(23-34)21-32(24)39-19-20-40-33(38)12-8-3-2-7-11-28-29(31(37)22-30(28)36)18-17-27(35)16-15-25-9-5-4-6-10-25/h2,4-7,9-10,13-14,21,23,27-31,35-37H,3,8,11-12,15-20,22H2,1H3/t27?,28-,29-,30+,31-/m1/s1. The number of hydrogen-bond acceptors (Lipinski definition) is 7. The molecule has 1 aliphatic carbocycles. The van der Waals surface area contributed by atoms with Gasteiger partial charge in [-0.15, -0.1) is 0 Å². The average molecular weight is 553 g/mol. The lowest BCUT2D eigenvalue weighted by Crippen LogP contribution is -2.23. The van der Waals surface area contributed by atoms with Gasteiger partial charge in [-0.2, -0.15) is 0 Å². The quantitative estimate of drug-likeness (QED) is 0.110. The summed E-state index contributed by atoms with van der Waals surface area (Å²) in [5.41, 5.74) is 2.65. The summed E-state index contributed by atoms with van der Waals surface area (Å²) in [7, 11) is 0. The van der Waals surface area contributed by atoms with Gasteiger partial charge in [0.25, 0.3) is 0 Å². The fraction of sp³-hybridized carbons (Fsp3) is 0.515. The summed E-state index contributed by atoms with van der Waals surface area (Å²) in [6, 6.07) is 15.3. The Morgan fingerprint density at radius 2 is 1.80 bits per heavy atom. The van der Waals surface area contributed by atoms with Crippen molar-refractivity contribution in [3.05, 3.63) is 77.4 Å². The van der Waals surface area contributed by atoms with E-state index >= 15 is 0 Å². The molecule has 0 aliphatic heterocycles. The summed E-state index contributed by atoms with van der Waals surface area (Å²) < 4.78 is 10.9. The third kappa shape index (κ3) is 10.5. The lowest BCUT2D eigenvalue weighted by molar-refractivity contribution is -0.144. The second-order valence-corrected chi connectivity index (χ2v) is 10.8. The third-order valence-electron chi connectivity index (χ3n) is 7.74. The minimum Gasteiger partial charge on any atom is -0.490 e. The van der Waals surface area contributed by atoms with Crippen molar-refractivity contribution in [3.63, 3.8) is 0 Å². The molecule has 0 bridgehead atoms. The Hall–Kier alpha value is -3.00. The molecule has 0 saturated heterocycles. The number of aliphatic hydroxyl groups is 3. The maximum atomic E-state index is 12.0. The number of carbonyl (C=O) groups excluding carboxylic acids is 2. The zero-order chi connectivity index (χ0) is 28.7. The van der Waals surface area contributed by atoms with Gasteiger partial charge in [-0.3, -0.25) is 9.59 Å². The SMILES string of the molecule is Cc1ccc(C=O)cc1OCCOC(=O)CCCC=CC[C@@H]1[C@@H](CCC(O)CCc2ccccc2)[C@H](O)C[C@@H]1O. The van der Waals surface area contributed by atoms with E-state index in [1.165, 1.54) is 5.56 Å². The van der Waals surface area contributed by atoms with Crippen molar-refractivity contribution in [2.24, 2.45) is 11.8 Å². The molecule has 1 saturated carbocycles. The number of unbranched alkanes of at least 4 members (excludes halogenated alkanes) is 1. The Balaban J connectivity index is 1.29. The molecule has 1 fully saturated rings. The van der Waals surface area contributed by atoms with Gasteiger partial charge in [-0.1, -0.05) is 54.6 Å². The molecule has 0 radical (unpaired) electrons. The molecule has 1 unspecified atom stereocenters. The normalized spacial score (nSPS) is 21.4. The monoisotopic (exact) mass is 552 g/mol. The van der Waals surface area contributed by atoms with Crippen LogP contribution in [0.4, 0.5) is 0 Å². The number of aldehydes is 1. The number of allylic oxidation sites excluding steroid dienone is 2. The molecular formula is C33H44O7. The van der Waals surface area contributed by atoms with E-state index in [-0.39, 0.29) is 31.0 Å². The van der Waals surface area contributed by atoms with Crippen molar-refractivity contribution in [1.82, 2.24) is 0 Å². The molecule has 0 aromatic heterocycles. The van der Waals surface area contributed by atoms with E-state index < -0.39 is 18.3 Å². The highest BCUT2D eigenvalue weighted by molar-refractivity contribution is 5.75. The molecule has 0 heterocycles. The summed E-state index contributed by atoms with van der Waals surface area (Å²) in [6.07, 6.45) is 8.80. The summed E-state index contributed by atoms with van der Waals surface area (Å²) in [5, 5.41) is 31.5. The number of ether oxygens (including phenoxy) is 2. The highest BCUT2D eigenvalue weighted by Gasteiger charge is 2.40. The van der Waals surface area contributed by atoms with Crippen LogP contribution in [0.15, 0.2) is 60.7 Å². The van der Waals surface area contributed by atoms with Gasteiger partial charge in [0, 0.05) is 12.0 Å². The Morgan fingerprint density at radius 1 is 1.02 bits per heavy atom. The predicted molar refractivity (Wildman–Crippen MR) is 154 cm³/mol. The van der Waals surface area contributed by atoms with Crippen molar-refractivity contribution in [1.29, 1.82) is 0 Å². The van der Waals surface area contributed by atoms with E-state index in [1.54, 1.807) is 12.1 Å². The van der Waals surface area contributed by atoms with Gasteiger partial charge in [0.1, 0.15) is 25.2 Å². The molecule has 7 heteroatoms. The van der Waals surface area contributed by atoms with Gasteiger partial charge in [0.05, 0.1) is 18.3 Å². The minimum atomic E-state index is -0.550. The lowest BCUT2D eigenvalue weighted by atomic mass is 9.85. The maximum Gasteiger partial charge on any atom is 0.305 e. The molecule has 218 valence electrons. The van der Waals surface area contributed by atoms with Crippen molar-refractivity contribution in [2.45, 2.75) is 83.0 Å². The lowest BCUT2D eigenvalue weighted by Gasteiger charge is -2.23. The molecule has 0 amide bonds. The number of aryl methyl sites for hydroxylation is 2. The molecule has 40 heavy (non-hydrogen) atoms. The molecule has 7 nitrogen and oxygen atoms in total. The van der Waals surface area contributed by atoms with Gasteiger partial charge < -0.3 is 24.8 Å². The van der Waals surface area contributed by atoms with Crippen LogP contribution in [0.2, 0.25) is 0 Å². The summed E-state index contributed by atoms with van der Waals surface area (Å²) in [5.74, 6) is 0.254. The number of aliphatic hydroxyl groups excluding tert-OH is 3. The number of rotatable bonds is 17. The molecule has 2 aromatic rings. The minimum absolute atomic E-state index is 0.0339. The molecule has 3 N–H and O–H groups in total. The van der Waals surface area contributed by atoms with Gasteiger partial charge in [-0.25, -0.2) is 0 Å². The van der Waals surface area contributed by atoms with E-state index in [0.29, 0.717) is 56.3 Å². The maximum absolute atomic E-state index is 12.0. The second-order valence-electron chi connectivity index (χ2n) is 10.8. The zero-order valence-electron chi connectivity index (χ0n) is 23.5. The van der Waals surface area contributed by atoms with Crippen molar-refractivity contribution < 1.29 is 34.4 Å². The Labute approximate surface area is 237 Å². The van der Waals surface area contributed by atoms with Crippen LogP contribution in [0.5, 0.6) is 5.75 Å². The van der Waals surface area contributed by atoms with Crippen molar-refractivity contribution >= 4 is 12.3 Å². The smallest absolute Gasteiger partial charge is 0.305 e. The van der Waals surface area contributed by atoms with Crippen LogP contribution in [0.1, 0.15) is 72.9 Å². The first-order chi connectivity index (χ1) is 19.4. The Morgan fingerprint density at radius 3 is 2.58 bits per heavy atom. The first-order valence-electron chi connectivity index (χ1n) is 14.4. The first kappa shape index (κ1) is 31.5. The van der Waals surface area contributed by atoms with Crippen molar-refractivity contribution in [2.75, 3.05) is 13.2 Å². The number of carbonyl (C=O) groups is 2. The second kappa shape index (κ2) is 17.0. The highest BCUT2D eigenvalue weighted by Crippen LogP contribution is 2.38. The van der Waals surface area contributed by atoms with Crippen LogP contribution >= 0.6 is 0 Å². The Kier molecular flexibility index (Phi) is 13.4. The number of benzene rings is 2. The fourth-order valence-electron chi connectivity index (χ4n) is 5.37.